The first kappa shape index (κ1) is 10.2. The summed E-state index contributed by atoms with van der Waals surface area (Å²) in [6.07, 6.45) is 0. The van der Waals surface area contributed by atoms with Crippen LogP contribution >= 0.6 is 0 Å². The van der Waals surface area contributed by atoms with Gasteiger partial charge in [-0.3, -0.25) is 5.32 Å². The smallest absolute Gasteiger partial charge is 0.339 e. The molecule has 0 fully saturated rings. The first-order chi connectivity index (χ1) is 5.43. The lowest BCUT2D eigenvalue weighted by Crippen LogP contribution is -2.30. The van der Waals surface area contributed by atoms with Gasteiger partial charge in [0.1, 0.15) is 0 Å². The maximum Gasteiger partial charge on any atom is 0.339 e. The molecular formula is C7H10N2O3. The third-order valence-corrected chi connectivity index (χ3v) is 0.827. The van der Waals surface area contributed by atoms with Crippen molar-refractivity contribution in [2.75, 3.05) is 0 Å². The summed E-state index contributed by atoms with van der Waals surface area (Å²) in [5, 5.41) is 1.99. The number of ether oxygens (including phenoxy) is 1. The number of primary amides is 1. The van der Waals surface area contributed by atoms with Crippen LogP contribution in [0.3, 0.4) is 0 Å². The minimum absolute atomic E-state index is 0.211. The molecule has 0 saturated carbocycles. The van der Waals surface area contributed by atoms with Gasteiger partial charge in [-0.15, -0.1) is 0 Å². The monoisotopic (exact) mass is 170 g/mol. The Labute approximate surface area is 69.9 Å². The number of carbonyl (C=O) groups is 2. The number of urea groups is 1. The van der Waals surface area contributed by atoms with E-state index < -0.39 is 12.0 Å². The third-order valence-electron chi connectivity index (χ3n) is 0.827. The molecule has 0 aliphatic rings. The number of hydrogen-bond donors (Lipinski definition) is 2. The normalized spacial score (nSPS) is 8.42. The van der Waals surface area contributed by atoms with Crippen LogP contribution < -0.4 is 11.1 Å². The number of nitrogens with one attached hydrogen (secondary N) is 1. The molecule has 0 aromatic heterocycles. The predicted molar refractivity (Wildman–Crippen MR) is 42.8 cm³/mol. The van der Waals surface area contributed by atoms with Gasteiger partial charge in [0.05, 0.1) is 0 Å². The van der Waals surface area contributed by atoms with Crippen molar-refractivity contribution in [1.29, 1.82) is 0 Å². The van der Waals surface area contributed by atoms with Gasteiger partial charge in [0.15, 0.2) is 5.88 Å². The van der Waals surface area contributed by atoms with E-state index in [0.717, 1.165) is 0 Å². The van der Waals surface area contributed by atoms with Crippen LogP contribution in [0.4, 0.5) is 4.79 Å². The number of amides is 2. The maximum absolute atomic E-state index is 10.8. The lowest BCUT2D eigenvalue weighted by Gasteiger charge is -2.05. The molecule has 2 amide bonds. The second-order valence-corrected chi connectivity index (χ2v) is 2.08. The summed E-state index contributed by atoms with van der Waals surface area (Å²) >= 11 is 0. The molecule has 3 N–H and O–H groups in total. The third kappa shape index (κ3) is 4.10. The Morgan fingerprint density at radius 2 is 1.92 bits per heavy atom. The largest absolute Gasteiger partial charge is 0.407 e. The zero-order valence-electron chi connectivity index (χ0n) is 6.72. The van der Waals surface area contributed by atoms with Gasteiger partial charge in [-0.25, -0.2) is 9.59 Å². The van der Waals surface area contributed by atoms with Crippen molar-refractivity contribution < 1.29 is 14.3 Å². The fraction of sp³-hybridized carbons (Fsp3) is 0.143. The van der Waals surface area contributed by atoms with E-state index in [1.165, 1.54) is 6.92 Å². The molecule has 12 heavy (non-hydrogen) atoms. The number of hydrogen-bond acceptors (Lipinski definition) is 3. The lowest BCUT2D eigenvalue weighted by atomic mass is 10.4. The van der Waals surface area contributed by atoms with Crippen molar-refractivity contribution >= 4 is 12.0 Å². The summed E-state index contributed by atoms with van der Waals surface area (Å²) in [7, 11) is 0. The summed E-state index contributed by atoms with van der Waals surface area (Å²) < 4.78 is 4.48. The second kappa shape index (κ2) is 4.17. The van der Waals surface area contributed by atoms with Gasteiger partial charge >= 0.3 is 12.0 Å². The zero-order valence-corrected chi connectivity index (χ0v) is 6.72. The van der Waals surface area contributed by atoms with Crippen LogP contribution in [0.15, 0.2) is 24.6 Å². The molecule has 5 heteroatoms. The van der Waals surface area contributed by atoms with E-state index in [1.807, 2.05) is 5.32 Å². The average Bonchev–Trinajstić information content (AvgIpc) is 1.84. The molecule has 0 rings (SSSR count). The Balaban J connectivity index is 3.94. The Hall–Kier alpha value is -1.78. The van der Waals surface area contributed by atoms with Crippen LogP contribution in [0, 0.1) is 0 Å². The lowest BCUT2D eigenvalue weighted by molar-refractivity contribution is -0.135. The first-order valence-electron chi connectivity index (χ1n) is 3.06. The molecule has 5 nitrogen and oxygen atoms in total. The van der Waals surface area contributed by atoms with E-state index in [4.69, 9.17) is 5.73 Å². The standard InChI is InChI=1S/C7H10N2O3/c1-4(2)6(10)12-5(3)9-7(8)11/h1,3H2,2H3,(H3,8,9,11). The molecule has 0 heterocycles. The number of rotatable bonds is 3. The van der Waals surface area contributed by atoms with Crippen LogP contribution in [-0.4, -0.2) is 12.0 Å². The number of nitrogens with two attached hydrogens (primary N) is 1. The Morgan fingerprint density at radius 3 is 2.25 bits per heavy atom. The van der Waals surface area contributed by atoms with Gasteiger partial charge in [0, 0.05) is 5.57 Å². The van der Waals surface area contributed by atoms with E-state index in [9.17, 15) is 9.59 Å². The predicted octanol–water partition coefficient (Wildman–Crippen LogP) is 0.245. The van der Waals surface area contributed by atoms with Crippen molar-refractivity contribution in [2.45, 2.75) is 6.92 Å². The van der Waals surface area contributed by atoms with E-state index in [1.54, 1.807) is 0 Å². The molecule has 0 atom stereocenters. The SMILES string of the molecule is C=C(NC(N)=O)OC(=O)C(=C)C. The summed E-state index contributed by atoms with van der Waals surface area (Å²) in [6, 6.07) is -0.838. The first-order valence-corrected chi connectivity index (χ1v) is 3.06. The molecule has 0 unspecified atom stereocenters. The van der Waals surface area contributed by atoms with E-state index in [-0.39, 0.29) is 11.5 Å². The van der Waals surface area contributed by atoms with Crippen LogP contribution in [0.5, 0.6) is 0 Å². The molecule has 0 radical (unpaired) electrons. The second-order valence-electron chi connectivity index (χ2n) is 2.08. The van der Waals surface area contributed by atoms with Crippen molar-refractivity contribution in [3.63, 3.8) is 0 Å². The van der Waals surface area contributed by atoms with Gasteiger partial charge in [0.2, 0.25) is 0 Å². The van der Waals surface area contributed by atoms with Gasteiger partial charge in [-0.2, -0.15) is 0 Å². The van der Waals surface area contributed by atoms with Crippen molar-refractivity contribution in [1.82, 2.24) is 5.32 Å². The van der Waals surface area contributed by atoms with Crippen molar-refractivity contribution in [3.8, 4) is 0 Å². The van der Waals surface area contributed by atoms with Crippen LogP contribution in [-0.2, 0) is 9.53 Å². The highest BCUT2D eigenvalue weighted by Gasteiger charge is 2.06. The van der Waals surface area contributed by atoms with E-state index in [2.05, 4.69) is 17.9 Å². The summed E-state index contributed by atoms with van der Waals surface area (Å²) in [4.78, 5) is 21.0. The average molecular weight is 170 g/mol. The molecule has 0 aromatic rings. The van der Waals surface area contributed by atoms with Crippen LogP contribution in [0.2, 0.25) is 0 Å². The maximum atomic E-state index is 10.8. The number of esters is 1. The summed E-state index contributed by atoms with van der Waals surface area (Å²) in [5.41, 5.74) is 4.93. The van der Waals surface area contributed by atoms with Gasteiger partial charge in [-0.1, -0.05) is 6.58 Å². The van der Waals surface area contributed by atoms with Crippen molar-refractivity contribution in [3.05, 3.63) is 24.6 Å². The minimum Gasteiger partial charge on any atom is -0.407 e. The molecule has 0 spiro atoms. The fourth-order valence-corrected chi connectivity index (χ4v) is 0.362. The molecule has 0 aliphatic heterocycles. The highest BCUT2D eigenvalue weighted by atomic mass is 16.5. The number of carbonyl (C=O) groups excluding carboxylic acids is 2. The highest BCUT2D eigenvalue weighted by molar-refractivity contribution is 5.88. The molecular weight excluding hydrogens is 160 g/mol. The Kier molecular flexibility index (Phi) is 3.55. The van der Waals surface area contributed by atoms with Gasteiger partial charge in [0.25, 0.3) is 0 Å². The molecule has 66 valence electrons. The topological polar surface area (TPSA) is 81.4 Å². The molecule has 0 aromatic carbocycles. The van der Waals surface area contributed by atoms with E-state index in [0.29, 0.717) is 0 Å². The minimum atomic E-state index is -0.838. The molecule has 0 aliphatic carbocycles. The molecule has 0 saturated heterocycles. The van der Waals surface area contributed by atoms with Crippen LogP contribution in [0.25, 0.3) is 0 Å². The quantitative estimate of drug-likeness (QED) is 0.361. The highest BCUT2D eigenvalue weighted by Crippen LogP contribution is 1.96. The van der Waals surface area contributed by atoms with Gasteiger partial charge in [-0.05, 0) is 13.5 Å². The summed E-state index contributed by atoms with van der Waals surface area (Å²) in [6.45, 7) is 8.02. The summed E-state index contributed by atoms with van der Waals surface area (Å²) in [5.74, 6) is -0.871. The van der Waals surface area contributed by atoms with E-state index >= 15 is 0 Å². The Morgan fingerprint density at radius 1 is 1.42 bits per heavy atom. The van der Waals surface area contributed by atoms with Crippen LogP contribution in [0.1, 0.15) is 6.92 Å². The zero-order chi connectivity index (χ0) is 9.72. The van der Waals surface area contributed by atoms with Crippen molar-refractivity contribution in [2.24, 2.45) is 5.73 Å². The molecule has 0 bridgehead atoms. The Bertz CT molecular complexity index is 245. The van der Waals surface area contributed by atoms with Gasteiger partial charge < -0.3 is 10.5 Å². The fourth-order valence-electron chi connectivity index (χ4n) is 0.362.